The number of nitrogens with zero attached hydrogens (tertiary/aromatic N) is 1. The summed E-state index contributed by atoms with van der Waals surface area (Å²) in [6, 6.07) is 10.1. The maximum atomic E-state index is 5.90. The van der Waals surface area contributed by atoms with Crippen molar-refractivity contribution in [3.63, 3.8) is 0 Å². The van der Waals surface area contributed by atoms with E-state index >= 15 is 0 Å². The molecule has 0 spiro atoms. The zero-order valence-corrected chi connectivity index (χ0v) is 9.53. The van der Waals surface area contributed by atoms with E-state index in [0.717, 1.165) is 29.6 Å². The van der Waals surface area contributed by atoms with Crippen molar-refractivity contribution in [2.45, 2.75) is 19.8 Å². The molecular formula is C13H17N3. The van der Waals surface area contributed by atoms with Gasteiger partial charge in [0.1, 0.15) is 5.82 Å². The molecule has 0 bridgehead atoms. The molecule has 0 amide bonds. The molecule has 0 radical (unpaired) electrons. The Morgan fingerprint density at radius 1 is 1.31 bits per heavy atom. The highest BCUT2D eigenvalue weighted by atomic mass is 14.9. The van der Waals surface area contributed by atoms with Crippen LogP contribution in [0.15, 0.2) is 30.3 Å². The Hall–Kier alpha value is -1.77. The largest absolute Gasteiger partial charge is 0.382 e. The fourth-order valence-corrected chi connectivity index (χ4v) is 1.67. The Morgan fingerprint density at radius 2 is 2.12 bits per heavy atom. The first-order valence-electron chi connectivity index (χ1n) is 5.70. The molecule has 0 saturated heterocycles. The lowest BCUT2D eigenvalue weighted by atomic mass is 10.2. The van der Waals surface area contributed by atoms with E-state index in [1.54, 1.807) is 0 Å². The number of anilines is 2. The number of unbranched alkanes of at least 4 members (excludes halogenated alkanes) is 1. The molecule has 3 nitrogen and oxygen atoms in total. The van der Waals surface area contributed by atoms with Crippen LogP contribution in [0.1, 0.15) is 19.8 Å². The van der Waals surface area contributed by atoms with E-state index in [4.69, 9.17) is 5.73 Å². The fraction of sp³-hybridized carbons (Fsp3) is 0.308. The monoisotopic (exact) mass is 215 g/mol. The van der Waals surface area contributed by atoms with E-state index in [-0.39, 0.29) is 0 Å². The molecule has 0 saturated carbocycles. The molecule has 0 fully saturated rings. The van der Waals surface area contributed by atoms with Gasteiger partial charge in [0.2, 0.25) is 0 Å². The maximum Gasteiger partial charge on any atom is 0.147 e. The average molecular weight is 215 g/mol. The molecule has 3 heteroatoms. The molecule has 0 aliphatic rings. The summed E-state index contributed by atoms with van der Waals surface area (Å²) in [5.74, 6) is 0.579. The Labute approximate surface area is 95.7 Å². The number of rotatable bonds is 4. The van der Waals surface area contributed by atoms with Gasteiger partial charge in [-0.3, -0.25) is 0 Å². The molecule has 1 aromatic heterocycles. The standard InChI is InChI=1S/C13H17N3/c1-2-3-8-15-12-9-10-6-4-5-7-11(10)16-13(12)14/h4-7,9,15H,2-3,8H2,1H3,(H2,14,16). The SMILES string of the molecule is CCCCNc1cc2ccccc2nc1N. The Balaban J connectivity index is 2.27. The second-order valence-electron chi connectivity index (χ2n) is 3.89. The zero-order chi connectivity index (χ0) is 11.4. The van der Waals surface area contributed by atoms with Gasteiger partial charge in [-0.1, -0.05) is 31.5 Å². The highest BCUT2D eigenvalue weighted by molar-refractivity contribution is 5.85. The second kappa shape index (κ2) is 4.84. The van der Waals surface area contributed by atoms with Crippen LogP contribution in [-0.4, -0.2) is 11.5 Å². The molecule has 2 aromatic rings. The number of fused-ring (bicyclic) bond motifs is 1. The van der Waals surface area contributed by atoms with Crippen molar-refractivity contribution in [2.75, 3.05) is 17.6 Å². The molecule has 2 rings (SSSR count). The van der Waals surface area contributed by atoms with E-state index in [2.05, 4.69) is 23.3 Å². The van der Waals surface area contributed by atoms with Crippen molar-refractivity contribution in [3.8, 4) is 0 Å². The smallest absolute Gasteiger partial charge is 0.147 e. The molecular weight excluding hydrogens is 198 g/mol. The van der Waals surface area contributed by atoms with Crippen molar-refractivity contribution < 1.29 is 0 Å². The van der Waals surface area contributed by atoms with Gasteiger partial charge in [-0.15, -0.1) is 0 Å². The van der Waals surface area contributed by atoms with Gasteiger partial charge in [0.15, 0.2) is 0 Å². The number of para-hydroxylation sites is 1. The van der Waals surface area contributed by atoms with E-state index in [1.807, 2.05) is 24.3 Å². The number of aromatic nitrogens is 1. The lowest BCUT2D eigenvalue weighted by molar-refractivity contribution is 0.834. The highest BCUT2D eigenvalue weighted by Crippen LogP contribution is 2.22. The number of hydrogen-bond acceptors (Lipinski definition) is 3. The summed E-state index contributed by atoms with van der Waals surface area (Å²) >= 11 is 0. The van der Waals surface area contributed by atoms with E-state index in [9.17, 15) is 0 Å². The first-order chi connectivity index (χ1) is 7.81. The third kappa shape index (κ3) is 2.24. The summed E-state index contributed by atoms with van der Waals surface area (Å²) in [4.78, 5) is 4.37. The van der Waals surface area contributed by atoms with E-state index in [0.29, 0.717) is 5.82 Å². The molecule has 0 aliphatic carbocycles. The fourth-order valence-electron chi connectivity index (χ4n) is 1.67. The van der Waals surface area contributed by atoms with Crippen LogP contribution >= 0.6 is 0 Å². The van der Waals surface area contributed by atoms with Crippen LogP contribution in [0.25, 0.3) is 10.9 Å². The second-order valence-corrected chi connectivity index (χ2v) is 3.89. The van der Waals surface area contributed by atoms with Crippen molar-refractivity contribution in [3.05, 3.63) is 30.3 Å². The van der Waals surface area contributed by atoms with Crippen molar-refractivity contribution >= 4 is 22.4 Å². The van der Waals surface area contributed by atoms with Gasteiger partial charge in [-0.25, -0.2) is 4.98 Å². The molecule has 0 atom stereocenters. The molecule has 1 heterocycles. The van der Waals surface area contributed by atoms with E-state index in [1.165, 1.54) is 6.42 Å². The molecule has 16 heavy (non-hydrogen) atoms. The van der Waals surface area contributed by atoms with Gasteiger partial charge >= 0.3 is 0 Å². The summed E-state index contributed by atoms with van der Waals surface area (Å²) < 4.78 is 0. The predicted molar refractivity (Wildman–Crippen MR) is 69.6 cm³/mol. The summed E-state index contributed by atoms with van der Waals surface area (Å²) in [5.41, 5.74) is 7.78. The Bertz CT molecular complexity index is 480. The predicted octanol–water partition coefficient (Wildman–Crippen LogP) is 3.03. The molecule has 0 unspecified atom stereocenters. The maximum absolute atomic E-state index is 5.90. The number of nitrogens with one attached hydrogen (secondary N) is 1. The van der Waals surface area contributed by atoms with Gasteiger partial charge in [0, 0.05) is 11.9 Å². The summed E-state index contributed by atoms with van der Waals surface area (Å²) in [6.07, 6.45) is 2.32. The number of nitrogen functional groups attached to an aromatic ring is 1. The van der Waals surface area contributed by atoms with Crippen molar-refractivity contribution in [1.82, 2.24) is 4.98 Å². The van der Waals surface area contributed by atoms with Gasteiger partial charge < -0.3 is 11.1 Å². The van der Waals surface area contributed by atoms with Gasteiger partial charge in [0.25, 0.3) is 0 Å². The van der Waals surface area contributed by atoms with Crippen LogP contribution in [-0.2, 0) is 0 Å². The van der Waals surface area contributed by atoms with Crippen LogP contribution < -0.4 is 11.1 Å². The van der Waals surface area contributed by atoms with Crippen LogP contribution in [0.5, 0.6) is 0 Å². The lowest BCUT2D eigenvalue weighted by Crippen LogP contribution is -2.05. The number of benzene rings is 1. The topological polar surface area (TPSA) is 50.9 Å². The number of nitrogens with two attached hydrogens (primary N) is 1. The number of pyridine rings is 1. The van der Waals surface area contributed by atoms with Crippen LogP contribution in [0.3, 0.4) is 0 Å². The lowest BCUT2D eigenvalue weighted by Gasteiger charge is -2.09. The normalized spacial score (nSPS) is 10.6. The average Bonchev–Trinajstić information content (AvgIpc) is 2.30. The minimum atomic E-state index is 0.579. The molecule has 3 N–H and O–H groups in total. The third-order valence-electron chi connectivity index (χ3n) is 2.60. The molecule has 1 aromatic carbocycles. The minimum absolute atomic E-state index is 0.579. The van der Waals surface area contributed by atoms with Crippen LogP contribution in [0.4, 0.5) is 11.5 Å². The van der Waals surface area contributed by atoms with Gasteiger partial charge in [0.05, 0.1) is 11.2 Å². The van der Waals surface area contributed by atoms with E-state index < -0.39 is 0 Å². The Kier molecular flexibility index (Phi) is 3.25. The highest BCUT2D eigenvalue weighted by Gasteiger charge is 2.02. The molecule has 0 aliphatic heterocycles. The van der Waals surface area contributed by atoms with Crippen molar-refractivity contribution in [2.24, 2.45) is 0 Å². The number of hydrogen-bond donors (Lipinski definition) is 2. The van der Waals surface area contributed by atoms with Gasteiger partial charge in [-0.05, 0) is 18.6 Å². The van der Waals surface area contributed by atoms with Crippen LogP contribution in [0, 0.1) is 0 Å². The summed E-state index contributed by atoms with van der Waals surface area (Å²) in [7, 11) is 0. The third-order valence-corrected chi connectivity index (χ3v) is 2.60. The molecule has 84 valence electrons. The quantitative estimate of drug-likeness (QED) is 0.771. The minimum Gasteiger partial charge on any atom is -0.382 e. The van der Waals surface area contributed by atoms with Crippen molar-refractivity contribution in [1.29, 1.82) is 0 Å². The van der Waals surface area contributed by atoms with Gasteiger partial charge in [-0.2, -0.15) is 0 Å². The summed E-state index contributed by atoms with van der Waals surface area (Å²) in [5, 5.41) is 4.44. The first-order valence-corrected chi connectivity index (χ1v) is 5.70. The summed E-state index contributed by atoms with van der Waals surface area (Å²) in [6.45, 7) is 3.12. The van der Waals surface area contributed by atoms with Crippen LogP contribution in [0.2, 0.25) is 0 Å². The zero-order valence-electron chi connectivity index (χ0n) is 9.53. The Morgan fingerprint density at radius 3 is 2.94 bits per heavy atom. The first kappa shape index (κ1) is 10.7.